The molecule has 0 radical (unpaired) electrons. The maximum absolute atomic E-state index is 11.7. The summed E-state index contributed by atoms with van der Waals surface area (Å²) in [4.78, 5) is 19.3. The van der Waals surface area contributed by atoms with Crippen molar-refractivity contribution in [2.45, 2.75) is 51.4 Å². The number of hydrogen-bond donors (Lipinski definition) is 1. The first kappa shape index (κ1) is 11.0. The summed E-state index contributed by atoms with van der Waals surface area (Å²) in [5.41, 5.74) is 0.996. The Bertz CT molecular complexity index is 466. The number of aryl methyl sites for hydroxylation is 1. The van der Waals surface area contributed by atoms with Crippen molar-refractivity contribution < 1.29 is 0 Å². The van der Waals surface area contributed by atoms with E-state index in [0.717, 1.165) is 36.2 Å². The summed E-state index contributed by atoms with van der Waals surface area (Å²) in [5.74, 6) is 3.16. The van der Waals surface area contributed by atoms with E-state index < -0.39 is 0 Å². The van der Waals surface area contributed by atoms with Crippen LogP contribution in [0.1, 0.15) is 56.5 Å². The van der Waals surface area contributed by atoms with Crippen LogP contribution in [0.3, 0.4) is 0 Å². The smallest absolute Gasteiger partial charge is 0.251 e. The quantitative estimate of drug-likeness (QED) is 0.870. The number of rotatable bonds is 3. The number of nitrogens with zero attached hydrogens (tertiary/aromatic N) is 1. The van der Waals surface area contributed by atoms with Crippen molar-refractivity contribution in [3.63, 3.8) is 0 Å². The van der Waals surface area contributed by atoms with Crippen LogP contribution >= 0.6 is 0 Å². The largest absolute Gasteiger partial charge is 0.310 e. The molecule has 17 heavy (non-hydrogen) atoms. The number of aromatic nitrogens is 2. The molecule has 2 saturated carbocycles. The highest BCUT2D eigenvalue weighted by Crippen LogP contribution is 2.51. The van der Waals surface area contributed by atoms with Gasteiger partial charge in [-0.3, -0.25) is 4.79 Å². The minimum absolute atomic E-state index is 0.0289. The molecule has 0 spiro atoms. The van der Waals surface area contributed by atoms with Crippen LogP contribution in [0.2, 0.25) is 0 Å². The minimum Gasteiger partial charge on any atom is -0.310 e. The van der Waals surface area contributed by atoms with Crippen LogP contribution in [0, 0.1) is 11.8 Å². The normalized spacial score (nSPS) is 31.0. The molecule has 2 aliphatic carbocycles. The Morgan fingerprint density at radius 3 is 2.94 bits per heavy atom. The van der Waals surface area contributed by atoms with Crippen molar-refractivity contribution >= 4 is 0 Å². The highest BCUT2D eigenvalue weighted by molar-refractivity contribution is 5.11. The van der Waals surface area contributed by atoms with E-state index in [1.165, 1.54) is 25.7 Å². The number of nitrogens with one attached hydrogen (secondary N) is 1. The van der Waals surface area contributed by atoms with Gasteiger partial charge in [-0.2, -0.15) is 0 Å². The van der Waals surface area contributed by atoms with Gasteiger partial charge in [-0.05, 0) is 37.5 Å². The van der Waals surface area contributed by atoms with Crippen LogP contribution in [-0.2, 0) is 6.42 Å². The molecule has 3 unspecified atom stereocenters. The van der Waals surface area contributed by atoms with Crippen molar-refractivity contribution in [3.8, 4) is 0 Å². The van der Waals surface area contributed by atoms with Gasteiger partial charge >= 0.3 is 0 Å². The Kier molecular flexibility index (Phi) is 2.77. The molecule has 0 amide bonds. The van der Waals surface area contributed by atoms with E-state index in [1.807, 2.05) is 0 Å². The Morgan fingerprint density at radius 1 is 1.41 bits per heavy atom. The van der Waals surface area contributed by atoms with Crippen LogP contribution in [0.25, 0.3) is 0 Å². The summed E-state index contributed by atoms with van der Waals surface area (Å²) in [6.45, 7) is 2.13. The van der Waals surface area contributed by atoms with E-state index >= 15 is 0 Å². The summed E-state index contributed by atoms with van der Waals surface area (Å²) in [6.07, 6.45) is 7.27. The average molecular weight is 232 g/mol. The number of hydrogen-bond acceptors (Lipinski definition) is 2. The van der Waals surface area contributed by atoms with Gasteiger partial charge in [-0.1, -0.05) is 19.8 Å². The van der Waals surface area contributed by atoms with E-state index in [4.69, 9.17) is 0 Å². The maximum atomic E-state index is 11.7. The zero-order valence-corrected chi connectivity index (χ0v) is 10.4. The van der Waals surface area contributed by atoms with Gasteiger partial charge in [-0.15, -0.1) is 0 Å². The molecular weight excluding hydrogens is 212 g/mol. The van der Waals surface area contributed by atoms with Crippen molar-refractivity contribution in [2.75, 3.05) is 0 Å². The number of H-pyrrole nitrogens is 1. The highest BCUT2D eigenvalue weighted by Gasteiger charge is 2.41. The second-order valence-corrected chi connectivity index (χ2v) is 5.65. The predicted molar refractivity (Wildman–Crippen MR) is 67.0 cm³/mol. The Balaban J connectivity index is 1.89. The van der Waals surface area contributed by atoms with Crippen molar-refractivity contribution in [1.29, 1.82) is 0 Å². The molecule has 1 aromatic heterocycles. The van der Waals surface area contributed by atoms with E-state index in [9.17, 15) is 4.79 Å². The van der Waals surface area contributed by atoms with Gasteiger partial charge in [0.1, 0.15) is 5.82 Å². The van der Waals surface area contributed by atoms with Gasteiger partial charge in [0.15, 0.2) is 0 Å². The predicted octanol–water partition coefficient (Wildman–Crippen LogP) is 2.63. The van der Waals surface area contributed by atoms with Gasteiger partial charge in [0.25, 0.3) is 5.56 Å². The first-order valence-corrected chi connectivity index (χ1v) is 6.86. The molecular formula is C14H20N2O. The zero-order chi connectivity index (χ0) is 11.8. The molecule has 1 aromatic rings. The van der Waals surface area contributed by atoms with Gasteiger partial charge in [-0.25, -0.2) is 4.98 Å². The molecule has 92 valence electrons. The van der Waals surface area contributed by atoms with Crippen LogP contribution in [0.5, 0.6) is 0 Å². The lowest BCUT2D eigenvalue weighted by molar-refractivity contribution is 0.403. The molecule has 1 heterocycles. The summed E-state index contributed by atoms with van der Waals surface area (Å²) >= 11 is 0. The summed E-state index contributed by atoms with van der Waals surface area (Å²) < 4.78 is 0. The lowest BCUT2D eigenvalue weighted by Gasteiger charge is -2.20. The van der Waals surface area contributed by atoms with E-state index in [-0.39, 0.29) is 5.56 Å². The molecule has 3 rings (SSSR count). The molecule has 0 aliphatic heterocycles. The molecule has 3 heteroatoms. The Morgan fingerprint density at radius 2 is 2.29 bits per heavy atom. The fourth-order valence-corrected chi connectivity index (χ4v) is 3.67. The molecule has 3 atom stereocenters. The topological polar surface area (TPSA) is 45.8 Å². The number of fused-ring (bicyclic) bond motifs is 2. The standard InChI is InChI=1S/C14H20N2O/c1-2-3-11-8-13(17)16-14(15-11)12-7-9-4-5-10(12)6-9/h8-10,12H,2-7H2,1H3,(H,15,16,17). The van der Waals surface area contributed by atoms with Crippen molar-refractivity contribution in [1.82, 2.24) is 9.97 Å². The monoisotopic (exact) mass is 232 g/mol. The lowest BCUT2D eigenvalue weighted by atomic mass is 9.88. The second-order valence-electron chi connectivity index (χ2n) is 5.65. The summed E-state index contributed by atoms with van der Waals surface area (Å²) in [7, 11) is 0. The van der Waals surface area contributed by atoms with E-state index in [0.29, 0.717) is 5.92 Å². The Labute approximate surface area is 102 Å². The summed E-state index contributed by atoms with van der Waals surface area (Å²) in [6, 6.07) is 1.65. The molecule has 1 N–H and O–H groups in total. The van der Waals surface area contributed by atoms with Crippen LogP contribution in [0.15, 0.2) is 10.9 Å². The number of aromatic amines is 1. The first-order chi connectivity index (χ1) is 8.26. The molecule has 0 aromatic carbocycles. The maximum Gasteiger partial charge on any atom is 0.251 e. The first-order valence-electron chi connectivity index (χ1n) is 6.86. The van der Waals surface area contributed by atoms with Crippen molar-refractivity contribution in [3.05, 3.63) is 27.9 Å². The molecule has 2 aliphatic rings. The third-order valence-electron chi connectivity index (χ3n) is 4.41. The zero-order valence-electron chi connectivity index (χ0n) is 10.4. The fourth-order valence-electron chi connectivity index (χ4n) is 3.67. The van der Waals surface area contributed by atoms with Gasteiger partial charge in [0.2, 0.25) is 0 Å². The molecule has 3 nitrogen and oxygen atoms in total. The van der Waals surface area contributed by atoms with Crippen molar-refractivity contribution in [2.24, 2.45) is 11.8 Å². The van der Waals surface area contributed by atoms with E-state index in [2.05, 4.69) is 16.9 Å². The van der Waals surface area contributed by atoms with Gasteiger partial charge < -0.3 is 4.98 Å². The minimum atomic E-state index is 0.0289. The molecule has 2 fully saturated rings. The third-order valence-corrected chi connectivity index (χ3v) is 4.41. The van der Waals surface area contributed by atoms with Gasteiger partial charge in [0, 0.05) is 17.7 Å². The second kappa shape index (κ2) is 4.28. The average Bonchev–Trinajstić information content (AvgIpc) is 2.90. The van der Waals surface area contributed by atoms with Crippen LogP contribution in [0.4, 0.5) is 0 Å². The highest BCUT2D eigenvalue weighted by atomic mass is 16.1. The van der Waals surface area contributed by atoms with Crippen LogP contribution < -0.4 is 5.56 Å². The Hall–Kier alpha value is -1.12. The SMILES string of the molecule is CCCc1cc(=O)[nH]c(C2CC3CCC2C3)n1. The van der Waals surface area contributed by atoms with Crippen LogP contribution in [-0.4, -0.2) is 9.97 Å². The molecule has 0 saturated heterocycles. The third kappa shape index (κ3) is 2.03. The fraction of sp³-hybridized carbons (Fsp3) is 0.714. The summed E-state index contributed by atoms with van der Waals surface area (Å²) in [5, 5.41) is 0. The molecule has 2 bridgehead atoms. The lowest BCUT2D eigenvalue weighted by Crippen LogP contribution is -2.19. The van der Waals surface area contributed by atoms with E-state index in [1.54, 1.807) is 6.07 Å². The van der Waals surface area contributed by atoms with Gasteiger partial charge in [0.05, 0.1) is 0 Å².